The SMILES string of the molecule is Fc1c(Cl)cc(C(Cl)(Cl)Cl)c(F)c1F. The van der Waals surface area contributed by atoms with E-state index in [0.717, 1.165) is 6.07 Å². The van der Waals surface area contributed by atoms with Gasteiger partial charge in [0.2, 0.25) is 3.79 Å². The predicted octanol–water partition coefficient (Wildman–Crippen LogP) is 4.58. The first-order valence-electron chi connectivity index (χ1n) is 3.15. The van der Waals surface area contributed by atoms with E-state index in [4.69, 9.17) is 46.4 Å². The summed E-state index contributed by atoms with van der Waals surface area (Å²) in [6.07, 6.45) is 0. The first kappa shape index (κ1) is 12.2. The maximum atomic E-state index is 13.0. The van der Waals surface area contributed by atoms with Gasteiger partial charge in [0, 0.05) is 5.56 Å². The molecule has 7 heteroatoms. The molecule has 0 aliphatic heterocycles. The maximum absolute atomic E-state index is 13.0. The van der Waals surface area contributed by atoms with Crippen molar-refractivity contribution in [3.05, 3.63) is 34.1 Å². The first-order chi connectivity index (χ1) is 6.25. The quantitative estimate of drug-likeness (QED) is 0.371. The van der Waals surface area contributed by atoms with E-state index in [0.29, 0.717) is 0 Å². The van der Waals surface area contributed by atoms with Crippen LogP contribution >= 0.6 is 46.4 Å². The molecule has 0 aliphatic carbocycles. The Morgan fingerprint density at radius 2 is 1.43 bits per heavy atom. The molecule has 0 nitrogen and oxygen atoms in total. The van der Waals surface area contributed by atoms with Gasteiger partial charge in [-0.3, -0.25) is 0 Å². The van der Waals surface area contributed by atoms with Gasteiger partial charge < -0.3 is 0 Å². The normalized spacial score (nSPS) is 11.9. The molecule has 1 rings (SSSR count). The van der Waals surface area contributed by atoms with Crippen molar-refractivity contribution in [1.82, 2.24) is 0 Å². The molecule has 0 radical (unpaired) electrons. The number of hydrogen-bond donors (Lipinski definition) is 0. The molecular formula is C7HCl4F3. The van der Waals surface area contributed by atoms with Gasteiger partial charge in [0.15, 0.2) is 17.5 Å². The molecule has 0 amide bonds. The molecule has 0 bridgehead atoms. The van der Waals surface area contributed by atoms with E-state index >= 15 is 0 Å². The Kier molecular flexibility index (Phi) is 3.47. The monoisotopic (exact) mass is 282 g/mol. The molecular weight excluding hydrogens is 283 g/mol. The minimum Gasteiger partial charge on any atom is -0.203 e. The van der Waals surface area contributed by atoms with Crippen molar-refractivity contribution in [2.24, 2.45) is 0 Å². The van der Waals surface area contributed by atoms with E-state index in [1.54, 1.807) is 0 Å². The highest BCUT2D eigenvalue weighted by molar-refractivity contribution is 6.66. The molecule has 1 aromatic carbocycles. The van der Waals surface area contributed by atoms with Crippen LogP contribution in [0.2, 0.25) is 5.02 Å². The second-order valence-corrected chi connectivity index (χ2v) is 5.03. The fourth-order valence-corrected chi connectivity index (χ4v) is 1.38. The highest BCUT2D eigenvalue weighted by atomic mass is 35.6. The Morgan fingerprint density at radius 3 is 1.86 bits per heavy atom. The van der Waals surface area contributed by atoms with Crippen molar-refractivity contribution in [3.63, 3.8) is 0 Å². The highest BCUT2D eigenvalue weighted by Gasteiger charge is 2.31. The molecule has 1 aromatic rings. The molecule has 0 saturated heterocycles. The lowest BCUT2D eigenvalue weighted by Gasteiger charge is -2.13. The van der Waals surface area contributed by atoms with Gasteiger partial charge in [-0.1, -0.05) is 46.4 Å². The van der Waals surface area contributed by atoms with Gasteiger partial charge >= 0.3 is 0 Å². The Bertz CT molecular complexity index is 372. The third kappa shape index (κ3) is 2.22. The van der Waals surface area contributed by atoms with Crippen molar-refractivity contribution in [1.29, 1.82) is 0 Å². The Morgan fingerprint density at radius 1 is 0.929 bits per heavy atom. The van der Waals surface area contributed by atoms with Gasteiger partial charge in [-0.15, -0.1) is 0 Å². The zero-order chi connectivity index (χ0) is 11.1. The summed E-state index contributed by atoms with van der Waals surface area (Å²) in [5.41, 5.74) is -0.633. The van der Waals surface area contributed by atoms with Gasteiger partial charge in [0.05, 0.1) is 5.02 Å². The number of halogens is 7. The molecule has 0 heterocycles. The Hall–Kier alpha value is 0.170. The Labute approximate surface area is 97.5 Å². The van der Waals surface area contributed by atoms with Crippen molar-refractivity contribution in [2.45, 2.75) is 3.79 Å². The van der Waals surface area contributed by atoms with Crippen LogP contribution in [0.15, 0.2) is 6.07 Å². The van der Waals surface area contributed by atoms with Crippen LogP contribution in [0, 0.1) is 17.5 Å². The Balaban J connectivity index is 3.49. The molecule has 0 spiro atoms. The van der Waals surface area contributed by atoms with E-state index in [1.165, 1.54) is 0 Å². The molecule has 0 aliphatic rings. The van der Waals surface area contributed by atoms with E-state index in [9.17, 15) is 13.2 Å². The van der Waals surface area contributed by atoms with E-state index in [2.05, 4.69) is 0 Å². The van der Waals surface area contributed by atoms with Crippen molar-refractivity contribution < 1.29 is 13.2 Å². The number of alkyl halides is 3. The average molecular weight is 284 g/mol. The van der Waals surface area contributed by atoms with Gasteiger partial charge in [-0.25, -0.2) is 13.2 Å². The molecule has 14 heavy (non-hydrogen) atoms. The van der Waals surface area contributed by atoms with E-state index < -0.39 is 31.8 Å². The number of hydrogen-bond acceptors (Lipinski definition) is 0. The molecule has 0 saturated carbocycles. The van der Waals surface area contributed by atoms with Crippen molar-refractivity contribution in [2.75, 3.05) is 0 Å². The minimum absolute atomic E-state index is 0.633. The largest absolute Gasteiger partial charge is 0.219 e. The number of rotatable bonds is 0. The highest BCUT2D eigenvalue weighted by Crippen LogP contribution is 2.41. The van der Waals surface area contributed by atoms with Crippen LogP contribution in [0.3, 0.4) is 0 Å². The number of benzene rings is 1. The van der Waals surface area contributed by atoms with E-state index in [1.807, 2.05) is 0 Å². The summed E-state index contributed by atoms with van der Waals surface area (Å²) in [7, 11) is 0. The lowest BCUT2D eigenvalue weighted by atomic mass is 10.2. The fourth-order valence-electron chi connectivity index (χ4n) is 0.779. The predicted molar refractivity (Wildman–Crippen MR) is 50.6 cm³/mol. The van der Waals surface area contributed by atoms with E-state index in [-0.39, 0.29) is 0 Å². The first-order valence-corrected chi connectivity index (χ1v) is 4.66. The second kappa shape index (κ2) is 3.97. The lowest BCUT2D eigenvalue weighted by Crippen LogP contribution is -2.07. The summed E-state index contributed by atoms with van der Waals surface area (Å²) < 4.78 is 36.3. The maximum Gasteiger partial charge on any atom is 0.219 e. The summed E-state index contributed by atoms with van der Waals surface area (Å²) in [6, 6.07) is 0.725. The van der Waals surface area contributed by atoms with Crippen molar-refractivity contribution >= 4 is 46.4 Å². The smallest absolute Gasteiger partial charge is 0.203 e. The topological polar surface area (TPSA) is 0 Å². The van der Waals surface area contributed by atoms with Crippen LogP contribution in [-0.4, -0.2) is 0 Å². The lowest BCUT2D eigenvalue weighted by molar-refractivity contribution is 0.442. The average Bonchev–Trinajstić information content (AvgIpc) is 2.06. The summed E-state index contributed by atoms with van der Waals surface area (Å²) in [4.78, 5) is 0. The molecule has 0 atom stereocenters. The third-order valence-corrected chi connectivity index (χ3v) is 2.29. The van der Waals surface area contributed by atoms with Crippen molar-refractivity contribution in [3.8, 4) is 0 Å². The van der Waals surface area contributed by atoms with Crippen LogP contribution < -0.4 is 0 Å². The summed E-state index contributed by atoms with van der Waals surface area (Å²) in [6.45, 7) is 0. The van der Waals surface area contributed by atoms with Crippen LogP contribution in [0.4, 0.5) is 13.2 Å². The molecule has 0 aromatic heterocycles. The van der Waals surface area contributed by atoms with Gasteiger partial charge in [-0.2, -0.15) is 0 Å². The summed E-state index contributed by atoms with van der Waals surface area (Å²) in [5.74, 6) is -4.84. The third-order valence-electron chi connectivity index (χ3n) is 1.41. The molecule has 78 valence electrons. The van der Waals surface area contributed by atoms with Crippen LogP contribution in [0.25, 0.3) is 0 Å². The standard InChI is InChI=1S/C7HCl4F3/c8-3-1-2(7(9,10)11)4(12)6(14)5(3)13/h1H. The summed E-state index contributed by atoms with van der Waals surface area (Å²) in [5, 5.41) is -0.648. The van der Waals surface area contributed by atoms with Crippen LogP contribution in [-0.2, 0) is 3.79 Å². The molecule has 0 fully saturated rings. The molecule has 0 unspecified atom stereocenters. The van der Waals surface area contributed by atoms with Gasteiger partial charge in [0.1, 0.15) is 0 Å². The fraction of sp³-hybridized carbons (Fsp3) is 0.143. The zero-order valence-electron chi connectivity index (χ0n) is 6.22. The van der Waals surface area contributed by atoms with Gasteiger partial charge in [0.25, 0.3) is 0 Å². The van der Waals surface area contributed by atoms with Gasteiger partial charge in [-0.05, 0) is 6.07 Å². The zero-order valence-corrected chi connectivity index (χ0v) is 9.25. The minimum atomic E-state index is -2.19. The molecule has 0 N–H and O–H groups in total. The van der Waals surface area contributed by atoms with Crippen LogP contribution in [0.5, 0.6) is 0 Å². The summed E-state index contributed by atoms with van der Waals surface area (Å²) >= 11 is 21.1. The van der Waals surface area contributed by atoms with Crippen LogP contribution in [0.1, 0.15) is 5.56 Å². The second-order valence-electron chi connectivity index (χ2n) is 2.35.